The molecule has 1 saturated heterocycles. The second kappa shape index (κ2) is 9.51. The van der Waals surface area contributed by atoms with Crippen molar-refractivity contribution in [2.45, 2.75) is 13.3 Å². The van der Waals surface area contributed by atoms with Crippen LogP contribution in [0.5, 0.6) is 0 Å². The van der Waals surface area contributed by atoms with Crippen molar-refractivity contribution in [3.05, 3.63) is 84.4 Å². The van der Waals surface area contributed by atoms with Crippen LogP contribution >= 0.6 is 0 Å². The van der Waals surface area contributed by atoms with E-state index in [-0.39, 0.29) is 17.7 Å². The minimum atomic E-state index is -0.277. The average molecular weight is 415 g/mol. The van der Waals surface area contributed by atoms with Crippen molar-refractivity contribution in [1.29, 1.82) is 0 Å². The molecule has 0 bridgehead atoms. The third kappa shape index (κ3) is 4.79. The van der Waals surface area contributed by atoms with Crippen molar-refractivity contribution < 1.29 is 9.59 Å². The van der Waals surface area contributed by atoms with Crippen LogP contribution in [0.3, 0.4) is 0 Å². The van der Waals surface area contributed by atoms with Crippen LogP contribution in [0.25, 0.3) is 11.1 Å². The summed E-state index contributed by atoms with van der Waals surface area (Å²) in [4.78, 5) is 38.0. The van der Waals surface area contributed by atoms with Gasteiger partial charge in [0, 0.05) is 56.5 Å². The Hall–Kier alpha value is -3.54. The molecule has 0 spiro atoms. The summed E-state index contributed by atoms with van der Waals surface area (Å²) in [6.07, 6.45) is 7.39. The number of carbonyl (C=O) groups excluding carboxylic acids is 2. The molecular formula is C25H26N4O2. The fourth-order valence-electron chi connectivity index (χ4n) is 4.08. The summed E-state index contributed by atoms with van der Waals surface area (Å²) in [5.74, 6) is -0.216. The standard InChI is InChI=1S/C25H26N4O2/c1-2-28-14-15-29(24(30)21-8-12-27-13-9-21)18-23(25(28)31)17-19-4-3-5-22(16-19)20-6-10-26-11-7-20/h3-13,16,23H,2,14-15,17-18H2,1H3/t23-/m0/s1. The van der Waals surface area contributed by atoms with Crippen LogP contribution in [0, 0.1) is 5.92 Å². The second-order valence-electron chi connectivity index (χ2n) is 7.74. The number of carbonyl (C=O) groups is 2. The van der Waals surface area contributed by atoms with Gasteiger partial charge in [-0.3, -0.25) is 19.6 Å². The summed E-state index contributed by atoms with van der Waals surface area (Å²) in [5, 5.41) is 0. The van der Waals surface area contributed by atoms with Crippen LogP contribution in [0.4, 0.5) is 0 Å². The lowest BCUT2D eigenvalue weighted by Gasteiger charge is -2.24. The zero-order valence-corrected chi connectivity index (χ0v) is 17.6. The molecular weight excluding hydrogens is 388 g/mol. The van der Waals surface area contributed by atoms with Crippen molar-refractivity contribution in [2.75, 3.05) is 26.2 Å². The molecule has 0 radical (unpaired) electrons. The number of benzene rings is 1. The molecule has 1 aliphatic rings. The number of aromatic nitrogens is 2. The highest BCUT2D eigenvalue weighted by molar-refractivity contribution is 5.94. The Kier molecular flexibility index (Phi) is 6.36. The number of hydrogen-bond donors (Lipinski definition) is 0. The quantitative estimate of drug-likeness (QED) is 0.643. The lowest BCUT2D eigenvalue weighted by atomic mass is 9.95. The smallest absolute Gasteiger partial charge is 0.254 e. The number of pyridine rings is 2. The van der Waals surface area contributed by atoms with Crippen LogP contribution in [-0.4, -0.2) is 57.8 Å². The van der Waals surface area contributed by atoms with E-state index in [1.54, 1.807) is 41.8 Å². The van der Waals surface area contributed by atoms with Gasteiger partial charge in [-0.15, -0.1) is 0 Å². The van der Waals surface area contributed by atoms with Gasteiger partial charge in [0.05, 0.1) is 5.92 Å². The molecule has 3 aromatic rings. The van der Waals surface area contributed by atoms with E-state index >= 15 is 0 Å². The van der Waals surface area contributed by atoms with Gasteiger partial charge in [0.25, 0.3) is 5.91 Å². The highest BCUT2D eigenvalue weighted by Gasteiger charge is 2.32. The molecule has 31 heavy (non-hydrogen) atoms. The minimum absolute atomic E-state index is 0.0521. The number of nitrogens with zero attached hydrogens (tertiary/aromatic N) is 4. The Balaban J connectivity index is 1.57. The fraction of sp³-hybridized carbons (Fsp3) is 0.280. The Morgan fingerprint density at radius 1 is 0.968 bits per heavy atom. The van der Waals surface area contributed by atoms with E-state index in [1.807, 2.05) is 36.1 Å². The van der Waals surface area contributed by atoms with Crippen LogP contribution in [0.15, 0.2) is 73.3 Å². The lowest BCUT2D eigenvalue weighted by molar-refractivity contribution is -0.134. The van der Waals surface area contributed by atoms with Crippen molar-refractivity contribution >= 4 is 11.8 Å². The monoisotopic (exact) mass is 414 g/mol. The van der Waals surface area contributed by atoms with E-state index in [4.69, 9.17) is 0 Å². The van der Waals surface area contributed by atoms with Gasteiger partial charge in [0.2, 0.25) is 5.91 Å². The van der Waals surface area contributed by atoms with Gasteiger partial charge in [0.15, 0.2) is 0 Å². The summed E-state index contributed by atoms with van der Waals surface area (Å²) >= 11 is 0. The first-order valence-corrected chi connectivity index (χ1v) is 10.6. The van der Waals surface area contributed by atoms with E-state index < -0.39 is 0 Å². The summed E-state index contributed by atoms with van der Waals surface area (Å²) in [6, 6.07) is 15.6. The SMILES string of the molecule is CCN1CCN(C(=O)c2ccncc2)C[C@H](Cc2cccc(-c3ccncc3)c2)C1=O. The maximum Gasteiger partial charge on any atom is 0.254 e. The van der Waals surface area contributed by atoms with Crippen LogP contribution in [0.2, 0.25) is 0 Å². The Morgan fingerprint density at radius 3 is 2.39 bits per heavy atom. The van der Waals surface area contributed by atoms with E-state index in [0.717, 1.165) is 16.7 Å². The summed E-state index contributed by atoms with van der Waals surface area (Å²) < 4.78 is 0. The highest BCUT2D eigenvalue weighted by Crippen LogP contribution is 2.23. The third-order valence-corrected chi connectivity index (χ3v) is 5.76. The van der Waals surface area contributed by atoms with Crippen LogP contribution in [0.1, 0.15) is 22.8 Å². The molecule has 1 fully saturated rings. The van der Waals surface area contributed by atoms with E-state index in [0.29, 0.717) is 38.2 Å². The first-order chi connectivity index (χ1) is 15.2. The number of likely N-dealkylation sites (N-methyl/N-ethyl adjacent to an activating group) is 1. The predicted octanol–water partition coefficient (Wildman–Crippen LogP) is 3.31. The molecule has 2 amide bonds. The van der Waals surface area contributed by atoms with Gasteiger partial charge in [-0.2, -0.15) is 0 Å². The zero-order valence-electron chi connectivity index (χ0n) is 17.6. The van der Waals surface area contributed by atoms with Gasteiger partial charge in [-0.1, -0.05) is 24.3 Å². The fourth-order valence-corrected chi connectivity index (χ4v) is 4.08. The normalized spacial score (nSPS) is 16.8. The van der Waals surface area contributed by atoms with E-state index in [1.165, 1.54) is 0 Å². The lowest BCUT2D eigenvalue weighted by Crippen LogP contribution is -2.37. The molecule has 158 valence electrons. The molecule has 0 aliphatic carbocycles. The largest absolute Gasteiger partial charge is 0.341 e. The van der Waals surface area contributed by atoms with Crippen molar-refractivity contribution in [3.8, 4) is 11.1 Å². The molecule has 0 saturated carbocycles. The molecule has 4 rings (SSSR count). The molecule has 3 heterocycles. The van der Waals surface area contributed by atoms with Crippen molar-refractivity contribution in [3.63, 3.8) is 0 Å². The Bertz CT molecular complexity index is 1040. The number of rotatable bonds is 5. The van der Waals surface area contributed by atoms with E-state index in [2.05, 4.69) is 22.1 Å². The van der Waals surface area contributed by atoms with Crippen LogP contribution < -0.4 is 0 Å². The topological polar surface area (TPSA) is 66.4 Å². The van der Waals surface area contributed by atoms with Gasteiger partial charge < -0.3 is 9.80 Å². The maximum absolute atomic E-state index is 13.2. The second-order valence-corrected chi connectivity index (χ2v) is 7.74. The van der Waals surface area contributed by atoms with Gasteiger partial charge in [0.1, 0.15) is 0 Å². The van der Waals surface area contributed by atoms with E-state index in [9.17, 15) is 9.59 Å². The zero-order chi connectivity index (χ0) is 21.6. The molecule has 2 aromatic heterocycles. The molecule has 6 nitrogen and oxygen atoms in total. The summed E-state index contributed by atoms with van der Waals surface area (Å²) in [6.45, 7) is 4.13. The molecule has 1 atom stereocenters. The van der Waals surface area contributed by atoms with Gasteiger partial charge in [-0.05, 0) is 54.3 Å². The summed E-state index contributed by atoms with van der Waals surface area (Å²) in [5.41, 5.74) is 3.87. The maximum atomic E-state index is 13.2. The highest BCUT2D eigenvalue weighted by atomic mass is 16.2. The number of amides is 2. The molecule has 0 N–H and O–H groups in total. The number of hydrogen-bond acceptors (Lipinski definition) is 4. The average Bonchev–Trinajstić information content (AvgIpc) is 2.98. The molecule has 0 unspecified atom stereocenters. The van der Waals surface area contributed by atoms with Crippen molar-refractivity contribution in [2.24, 2.45) is 5.92 Å². The van der Waals surface area contributed by atoms with Crippen LogP contribution in [-0.2, 0) is 11.2 Å². The first kappa shape index (κ1) is 20.7. The van der Waals surface area contributed by atoms with Crippen molar-refractivity contribution in [1.82, 2.24) is 19.8 Å². The van der Waals surface area contributed by atoms with Gasteiger partial charge in [-0.25, -0.2) is 0 Å². The summed E-state index contributed by atoms with van der Waals surface area (Å²) in [7, 11) is 0. The molecule has 1 aliphatic heterocycles. The first-order valence-electron chi connectivity index (χ1n) is 10.6. The minimum Gasteiger partial charge on any atom is -0.341 e. The Morgan fingerprint density at radius 2 is 1.68 bits per heavy atom. The third-order valence-electron chi connectivity index (χ3n) is 5.76. The predicted molar refractivity (Wildman–Crippen MR) is 119 cm³/mol. The van der Waals surface area contributed by atoms with Gasteiger partial charge >= 0.3 is 0 Å². The molecule has 1 aromatic carbocycles. The molecule has 6 heteroatoms. The Labute approximate surface area is 182 Å².